The van der Waals surface area contributed by atoms with Crippen LogP contribution in [0.5, 0.6) is 0 Å². The Hall–Kier alpha value is -0.620. The fourth-order valence-electron chi connectivity index (χ4n) is 2.03. The molecule has 1 unspecified atom stereocenters. The van der Waals surface area contributed by atoms with E-state index in [1.807, 2.05) is 24.3 Å². The van der Waals surface area contributed by atoms with E-state index >= 15 is 0 Å². The zero-order valence-corrected chi connectivity index (χ0v) is 10.3. The number of aliphatic carboxylic acids is 1. The van der Waals surface area contributed by atoms with Crippen LogP contribution in [0.1, 0.15) is 12.0 Å². The fraction of sp³-hybridized carbons (Fsp3) is 0.364. The van der Waals surface area contributed by atoms with Gasteiger partial charge in [-0.25, -0.2) is 0 Å². The maximum atomic E-state index is 11.4. The molecule has 0 saturated carbocycles. The van der Waals surface area contributed by atoms with Crippen molar-refractivity contribution in [2.45, 2.75) is 11.8 Å². The zero-order valence-electron chi connectivity index (χ0n) is 8.16. The third-order valence-corrected chi connectivity index (χ3v) is 3.61. The molecule has 1 heterocycles. The minimum absolute atomic E-state index is 0.530. The Labute approximate surface area is 102 Å². The second-order valence-electron chi connectivity index (χ2n) is 3.82. The van der Waals surface area contributed by atoms with E-state index in [1.54, 1.807) is 0 Å². The van der Waals surface area contributed by atoms with Gasteiger partial charge in [0.2, 0.25) is 0 Å². The van der Waals surface area contributed by atoms with E-state index in [0.717, 1.165) is 15.7 Å². The average Bonchev–Trinajstić information content (AvgIpc) is 2.67. The van der Waals surface area contributed by atoms with E-state index in [9.17, 15) is 9.90 Å². The molecule has 1 atom stereocenters. The van der Waals surface area contributed by atoms with E-state index in [4.69, 9.17) is 0 Å². The van der Waals surface area contributed by atoms with Crippen LogP contribution in [0, 0.1) is 3.57 Å². The molecule has 1 fully saturated rings. The first-order chi connectivity index (χ1) is 7.15. The molecule has 80 valence electrons. The summed E-state index contributed by atoms with van der Waals surface area (Å²) in [6.07, 6.45) is 0.669. The fourth-order valence-corrected chi connectivity index (χ4v) is 2.57. The molecule has 0 spiro atoms. The predicted octanol–water partition coefficient (Wildman–Crippen LogP) is 1.61. The number of hydrogen-bond donors (Lipinski definition) is 2. The molecule has 1 saturated heterocycles. The van der Waals surface area contributed by atoms with Crippen molar-refractivity contribution in [1.82, 2.24) is 5.32 Å². The monoisotopic (exact) mass is 317 g/mol. The van der Waals surface area contributed by atoms with Crippen LogP contribution in [0.3, 0.4) is 0 Å². The van der Waals surface area contributed by atoms with Crippen molar-refractivity contribution in [3.05, 3.63) is 33.4 Å². The number of nitrogens with one attached hydrogen (secondary N) is 1. The maximum absolute atomic E-state index is 11.4. The summed E-state index contributed by atoms with van der Waals surface area (Å²) in [5.41, 5.74) is 0.188. The summed E-state index contributed by atoms with van der Waals surface area (Å²) in [6.45, 7) is 1.31. The van der Waals surface area contributed by atoms with E-state index < -0.39 is 11.4 Å². The van der Waals surface area contributed by atoms with Crippen LogP contribution >= 0.6 is 22.6 Å². The molecule has 0 radical (unpaired) electrons. The molecule has 2 rings (SSSR count). The summed E-state index contributed by atoms with van der Waals surface area (Å²) < 4.78 is 1.08. The van der Waals surface area contributed by atoms with Gasteiger partial charge in [0.15, 0.2) is 0 Å². The highest BCUT2D eigenvalue weighted by Crippen LogP contribution is 2.31. The van der Waals surface area contributed by atoms with E-state index in [1.165, 1.54) is 0 Å². The van der Waals surface area contributed by atoms with Crippen molar-refractivity contribution in [3.63, 3.8) is 0 Å². The van der Waals surface area contributed by atoms with Gasteiger partial charge in [-0.05, 0) is 53.3 Å². The lowest BCUT2D eigenvalue weighted by molar-refractivity contribution is -0.143. The van der Waals surface area contributed by atoms with E-state index in [2.05, 4.69) is 27.9 Å². The van der Waals surface area contributed by atoms with Gasteiger partial charge in [0.25, 0.3) is 0 Å². The number of rotatable bonds is 2. The van der Waals surface area contributed by atoms with Crippen LogP contribution in [0.4, 0.5) is 0 Å². The third kappa shape index (κ3) is 1.88. The van der Waals surface area contributed by atoms with Crippen LogP contribution in [0.2, 0.25) is 0 Å². The molecule has 4 heteroatoms. The number of carboxylic acid groups (broad SMARTS) is 1. The molecule has 0 amide bonds. The molecule has 1 aliphatic rings. The molecule has 0 bridgehead atoms. The van der Waals surface area contributed by atoms with Gasteiger partial charge in [-0.15, -0.1) is 0 Å². The highest BCUT2D eigenvalue weighted by molar-refractivity contribution is 14.1. The van der Waals surface area contributed by atoms with Gasteiger partial charge in [0.1, 0.15) is 5.41 Å². The van der Waals surface area contributed by atoms with Crippen LogP contribution in [0.15, 0.2) is 24.3 Å². The molecule has 0 aromatic heterocycles. The minimum Gasteiger partial charge on any atom is -0.481 e. The Morgan fingerprint density at radius 1 is 1.53 bits per heavy atom. The first-order valence-electron chi connectivity index (χ1n) is 4.85. The minimum atomic E-state index is -0.727. The lowest BCUT2D eigenvalue weighted by atomic mass is 9.80. The Kier molecular flexibility index (Phi) is 2.97. The largest absolute Gasteiger partial charge is 0.481 e. The first kappa shape index (κ1) is 10.9. The molecule has 0 aliphatic carbocycles. The van der Waals surface area contributed by atoms with Gasteiger partial charge in [-0.2, -0.15) is 0 Å². The van der Waals surface area contributed by atoms with Crippen LogP contribution in [-0.2, 0) is 10.2 Å². The van der Waals surface area contributed by atoms with Crippen molar-refractivity contribution in [2.75, 3.05) is 13.1 Å². The van der Waals surface area contributed by atoms with Gasteiger partial charge in [-0.3, -0.25) is 4.79 Å². The summed E-state index contributed by atoms with van der Waals surface area (Å²) >= 11 is 2.21. The van der Waals surface area contributed by atoms with Gasteiger partial charge >= 0.3 is 5.97 Å². The van der Waals surface area contributed by atoms with Gasteiger partial charge < -0.3 is 10.4 Å². The number of carbonyl (C=O) groups is 1. The highest BCUT2D eigenvalue weighted by Gasteiger charge is 2.42. The van der Waals surface area contributed by atoms with Crippen LogP contribution in [0.25, 0.3) is 0 Å². The van der Waals surface area contributed by atoms with Gasteiger partial charge in [-0.1, -0.05) is 12.1 Å². The van der Waals surface area contributed by atoms with Crippen molar-refractivity contribution < 1.29 is 9.90 Å². The van der Waals surface area contributed by atoms with E-state index in [0.29, 0.717) is 13.0 Å². The smallest absolute Gasteiger partial charge is 0.315 e. The SMILES string of the molecule is O=C(O)C1(c2cccc(I)c2)CCNC1. The molecule has 1 aromatic carbocycles. The number of carboxylic acids is 1. The summed E-state index contributed by atoms with van der Waals surface area (Å²) in [5, 5.41) is 12.5. The molecule has 1 aromatic rings. The average molecular weight is 317 g/mol. The Morgan fingerprint density at radius 2 is 2.33 bits per heavy atom. The summed E-state index contributed by atoms with van der Waals surface area (Å²) in [6, 6.07) is 7.76. The normalized spacial score (nSPS) is 25.4. The molecule has 1 aliphatic heterocycles. The van der Waals surface area contributed by atoms with Crippen LogP contribution in [-0.4, -0.2) is 24.2 Å². The number of halogens is 1. The van der Waals surface area contributed by atoms with Crippen molar-refractivity contribution in [1.29, 1.82) is 0 Å². The molecular weight excluding hydrogens is 305 g/mol. The third-order valence-electron chi connectivity index (χ3n) is 2.94. The predicted molar refractivity (Wildman–Crippen MR) is 66.0 cm³/mol. The van der Waals surface area contributed by atoms with Crippen LogP contribution < -0.4 is 5.32 Å². The summed E-state index contributed by atoms with van der Waals surface area (Å²) in [5.74, 6) is -0.727. The molecule has 15 heavy (non-hydrogen) atoms. The van der Waals surface area contributed by atoms with Crippen molar-refractivity contribution in [2.24, 2.45) is 0 Å². The lowest BCUT2D eigenvalue weighted by Gasteiger charge is -2.23. The quantitative estimate of drug-likeness (QED) is 0.815. The molecular formula is C11H12INO2. The first-order valence-corrected chi connectivity index (χ1v) is 5.93. The Bertz CT molecular complexity index is 386. The van der Waals surface area contributed by atoms with Gasteiger partial charge in [0.05, 0.1) is 0 Å². The maximum Gasteiger partial charge on any atom is 0.315 e. The second-order valence-corrected chi connectivity index (χ2v) is 5.07. The lowest BCUT2D eigenvalue weighted by Crippen LogP contribution is -2.37. The molecule has 2 N–H and O–H groups in total. The zero-order chi connectivity index (χ0) is 10.9. The molecule has 3 nitrogen and oxygen atoms in total. The number of benzene rings is 1. The topological polar surface area (TPSA) is 49.3 Å². The second kappa shape index (κ2) is 4.09. The van der Waals surface area contributed by atoms with Crippen molar-refractivity contribution in [3.8, 4) is 0 Å². The van der Waals surface area contributed by atoms with Gasteiger partial charge in [0, 0.05) is 10.1 Å². The van der Waals surface area contributed by atoms with E-state index in [-0.39, 0.29) is 0 Å². The standard InChI is InChI=1S/C11H12INO2/c12-9-3-1-2-8(6-9)11(10(14)15)4-5-13-7-11/h1-3,6,13H,4-5,7H2,(H,14,15). The summed E-state index contributed by atoms with van der Waals surface area (Å²) in [4.78, 5) is 11.4. The Balaban J connectivity index is 2.45. The Morgan fingerprint density at radius 3 is 2.87 bits per heavy atom. The highest BCUT2D eigenvalue weighted by atomic mass is 127. The van der Waals surface area contributed by atoms with Crippen molar-refractivity contribution >= 4 is 28.6 Å². The summed E-state index contributed by atoms with van der Waals surface area (Å²) in [7, 11) is 0. The number of hydrogen-bond acceptors (Lipinski definition) is 2.